The normalized spacial score (nSPS) is 14.2. The highest BCUT2D eigenvalue weighted by Crippen LogP contribution is 2.36. The molecule has 0 atom stereocenters. The molecule has 33 heavy (non-hydrogen) atoms. The number of pyridine rings is 1. The van der Waals surface area contributed by atoms with Crippen LogP contribution in [0.25, 0.3) is 11.1 Å². The van der Waals surface area contributed by atoms with E-state index in [-0.39, 0.29) is 30.2 Å². The average molecular weight is 465 g/mol. The first-order valence-electron chi connectivity index (χ1n) is 9.68. The number of ether oxygens (including phenoxy) is 3. The highest BCUT2D eigenvalue weighted by Gasteiger charge is 2.33. The second kappa shape index (κ2) is 9.49. The summed E-state index contributed by atoms with van der Waals surface area (Å²) in [6, 6.07) is 7.43. The van der Waals surface area contributed by atoms with Crippen LogP contribution in [0.4, 0.5) is 24.7 Å². The molecule has 2 heterocycles. The van der Waals surface area contributed by atoms with Crippen molar-refractivity contribution in [1.82, 2.24) is 4.98 Å². The molecule has 11 heteroatoms. The average Bonchev–Trinajstić information content (AvgIpc) is 2.81. The smallest absolute Gasteiger partial charge is 0.417 e. The topological polar surface area (TPSA) is 81.2 Å². The van der Waals surface area contributed by atoms with Crippen LogP contribution >= 0.6 is 0 Å². The molecule has 0 radical (unpaired) electrons. The summed E-state index contributed by atoms with van der Waals surface area (Å²) >= 11 is 0. The first-order chi connectivity index (χ1) is 15.6. The zero-order chi connectivity index (χ0) is 24.3. The molecule has 8 nitrogen and oxygen atoms in total. The molecule has 0 aliphatic carbocycles. The Morgan fingerprint density at radius 1 is 1.09 bits per heavy atom. The van der Waals surface area contributed by atoms with E-state index in [0.29, 0.717) is 17.1 Å². The van der Waals surface area contributed by atoms with E-state index in [4.69, 9.17) is 14.2 Å². The van der Waals surface area contributed by atoms with Gasteiger partial charge in [0.2, 0.25) is 0 Å². The van der Waals surface area contributed by atoms with E-state index >= 15 is 0 Å². The molecule has 0 fully saturated rings. The Morgan fingerprint density at radius 2 is 1.73 bits per heavy atom. The Labute approximate surface area is 188 Å². The minimum atomic E-state index is -4.54. The van der Waals surface area contributed by atoms with Crippen LogP contribution < -0.4 is 9.80 Å². The second-order valence-electron chi connectivity index (χ2n) is 7.25. The van der Waals surface area contributed by atoms with E-state index in [1.165, 1.54) is 19.1 Å². The molecule has 3 rings (SSSR count). The van der Waals surface area contributed by atoms with Crippen LogP contribution in [0.5, 0.6) is 0 Å². The van der Waals surface area contributed by atoms with Crippen molar-refractivity contribution < 1.29 is 37.0 Å². The third-order valence-electron chi connectivity index (χ3n) is 4.94. The summed E-state index contributed by atoms with van der Waals surface area (Å²) in [5.74, 6) is -1.12. The lowest BCUT2D eigenvalue weighted by atomic mass is 10.0. The Morgan fingerprint density at radius 3 is 2.27 bits per heavy atom. The van der Waals surface area contributed by atoms with Gasteiger partial charge in [0.05, 0.1) is 32.0 Å². The van der Waals surface area contributed by atoms with Gasteiger partial charge in [-0.25, -0.2) is 14.6 Å². The van der Waals surface area contributed by atoms with E-state index in [1.807, 2.05) is 0 Å². The van der Waals surface area contributed by atoms with Gasteiger partial charge in [-0.05, 0) is 23.8 Å². The molecular formula is C22H22F3N3O5. The number of anilines is 2. The summed E-state index contributed by atoms with van der Waals surface area (Å²) < 4.78 is 54.7. The van der Waals surface area contributed by atoms with E-state index in [0.717, 1.165) is 12.3 Å². The molecule has 0 N–H and O–H groups in total. The quantitative estimate of drug-likeness (QED) is 0.623. The molecule has 0 spiro atoms. The van der Waals surface area contributed by atoms with Gasteiger partial charge in [-0.15, -0.1) is 0 Å². The maximum atomic E-state index is 13.2. The van der Waals surface area contributed by atoms with Crippen molar-refractivity contribution in [1.29, 1.82) is 0 Å². The molecule has 1 aliphatic rings. The van der Waals surface area contributed by atoms with Crippen molar-refractivity contribution >= 4 is 23.4 Å². The van der Waals surface area contributed by atoms with Crippen LogP contribution in [0.3, 0.4) is 0 Å². The highest BCUT2D eigenvalue weighted by atomic mass is 19.4. The molecule has 0 amide bonds. The third-order valence-corrected chi connectivity index (χ3v) is 4.94. The fraction of sp³-hybridized carbons (Fsp3) is 0.318. The van der Waals surface area contributed by atoms with E-state index < -0.39 is 23.7 Å². The van der Waals surface area contributed by atoms with Gasteiger partial charge in [-0.3, -0.25) is 0 Å². The molecule has 1 aromatic heterocycles. The summed E-state index contributed by atoms with van der Waals surface area (Å²) in [6.07, 6.45) is -3.75. The summed E-state index contributed by atoms with van der Waals surface area (Å²) in [5.41, 5.74) is 0.336. The van der Waals surface area contributed by atoms with Crippen molar-refractivity contribution in [3.8, 4) is 11.1 Å². The number of hydrogen-bond acceptors (Lipinski definition) is 8. The van der Waals surface area contributed by atoms with Crippen LogP contribution in [0, 0.1) is 0 Å². The summed E-state index contributed by atoms with van der Waals surface area (Å²) in [4.78, 5) is 31.6. The number of rotatable bonds is 5. The number of nitrogens with zero attached hydrogens (tertiary/aromatic N) is 3. The lowest BCUT2D eigenvalue weighted by molar-refractivity contribution is -0.140. The fourth-order valence-corrected chi connectivity index (χ4v) is 3.35. The van der Waals surface area contributed by atoms with Gasteiger partial charge in [-0.2, -0.15) is 13.2 Å². The van der Waals surface area contributed by atoms with Gasteiger partial charge < -0.3 is 24.0 Å². The van der Waals surface area contributed by atoms with Crippen LogP contribution in [-0.2, 0) is 30.0 Å². The first-order valence-corrected chi connectivity index (χ1v) is 9.68. The molecule has 0 unspecified atom stereocenters. The van der Waals surface area contributed by atoms with Crippen LogP contribution in [0.2, 0.25) is 0 Å². The first kappa shape index (κ1) is 24.1. The van der Waals surface area contributed by atoms with Gasteiger partial charge in [0.25, 0.3) is 0 Å². The molecule has 0 saturated heterocycles. The maximum absolute atomic E-state index is 13.2. The number of carbonyl (C=O) groups excluding carboxylic acids is 2. The third kappa shape index (κ3) is 4.92. The number of alkyl halides is 3. The lowest BCUT2D eigenvalue weighted by Gasteiger charge is -2.31. The van der Waals surface area contributed by atoms with Gasteiger partial charge >= 0.3 is 18.1 Å². The Balaban J connectivity index is 2.06. The van der Waals surface area contributed by atoms with Crippen LogP contribution in [0.1, 0.15) is 5.56 Å². The minimum Gasteiger partial charge on any atom is -0.466 e. The van der Waals surface area contributed by atoms with Gasteiger partial charge in [0.15, 0.2) is 0 Å². The number of methoxy groups -OCH3 is 2. The fourth-order valence-electron chi connectivity index (χ4n) is 3.35. The Hall–Kier alpha value is -3.60. The predicted octanol–water partition coefficient (Wildman–Crippen LogP) is 3.23. The van der Waals surface area contributed by atoms with E-state index in [2.05, 4.69) is 4.98 Å². The molecule has 2 aromatic rings. The molecule has 176 valence electrons. The van der Waals surface area contributed by atoms with Crippen LogP contribution in [0.15, 0.2) is 47.8 Å². The minimum absolute atomic E-state index is 0.00310. The lowest BCUT2D eigenvalue weighted by Crippen LogP contribution is -2.38. The molecule has 1 aromatic carbocycles. The maximum Gasteiger partial charge on any atom is 0.417 e. The Bertz CT molecular complexity index is 1080. The molecule has 1 aliphatic heterocycles. The number of benzene rings is 1. The van der Waals surface area contributed by atoms with E-state index in [9.17, 15) is 22.8 Å². The Kier molecular flexibility index (Phi) is 6.92. The van der Waals surface area contributed by atoms with Crippen molar-refractivity contribution in [2.45, 2.75) is 6.18 Å². The monoisotopic (exact) mass is 465 g/mol. The molecule has 0 bridgehead atoms. The van der Waals surface area contributed by atoms with Crippen molar-refractivity contribution in [3.63, 3.8) is 0 Å². The SMILES string of the molecule is COC(=O)C1=C(C(=O)OC)N(c2ccc(-c3cc(C(F)(F)F)cnc3N(C)C)cc2)COC1. The van der Waals surface area contributed by atoms with Gasteiger partial charge in [0, 0.05) is 31.5 Å². The zero-order valence-electron chi connectivity index (χ0n) is 18.4. The molecule has 0 saturated carbocycles. The standard InChI is InChI=1S/C22H22F3N3O5/c1-27(2)19-16(9-14(10-26-19)22(23,24)25)13-5-7-15(8-6-13)28-12-33-11-17(20(29)31-3)18(28)21(30)32-4/h5-10H,11-12H2,1-4H3. The number of hydrogen-bond donors (Lipinski definition) is 0. The number of carbonyl (C=O) groups is 2. The number of halogens is 3. The summed E-state index contributed by atoms with van der Waals surface area (Å²) in [6.45, 7) is -0.174. The summed E-state index contributed by atoms with van der Waals surface area (Å²) in [7, 11) is 5.73. The molecular weight excluding hydrogens is 443 g/mol. The predicted molar refractivity (Wildman–Crippen MR) is 113 cm³/mol. The summed E-state index contributed by atoms with van der Waals surface area (Å²) in [5, 5.41) is 0. The van der Waals surface area contributed by atoms with Gasteiger partial charge in [0.1, 0.15) is 18.2 Å². The van der Waals surface area contributed by atoms with Crippen molar-refractivity contribution in [2.75, 3.05) is 51.5 Å². The van der Waals surface area contributed by atoms with Crippen molar-refractivity contribution in [2.24, 2.45) is 0 Å². The number of aromatic nitrogens is 1. The van der Waals surface area contributed by atoms with E-state index in [1.54, 1.807) is 43.3 Å². The number of esters is 2. The largest absolute Gasteiger partial charge is 0.466 e. The van der Waals surface area contributed by atoms with Gasteiger partial charge in [-0.1, -0.05) is 12.1 Å². The zero-order valence-corrected chi connectivity index (χ0v) is 18.4. The van der Waals surface area contributed by atoms with Crippen molar-refractivity contribution in [3.05, 3.63) is 53.4 Å². The second-order valence-corrected chi connectivity index (χ2v) is 7.25. The highest BCUT2D eigenvalue weighted by molar-refractivity contribution is 6.03. The van der Waals surface area contributed by atoms with Crippen LogP contribution in [-0.4, -0.2) is 58.6 Å².